The minimum Gasteiger partial charge on any atom is -0.380 e. The number of hydrogen-bond donors (Lipinski definition) is 0. The quantitative estimate of drug-likeness (QED) is 0.319. The number of hydrogen-bond acceptors (Lipinski definition) is 6. The third-order valence-electron chi connectivity index (χ3n) is 1.60. The van der Waals surface area contributed by atoms with Crippen LogP contribution >= 0.6 is 23.5 Å². The molecule has 1 heterocycles. The van der Waals surface area contributed by atoms with Crippen LogP contribution in [0.15, 0.2) is 9.81 Å². The highest BCUT2D eigenvalue weighted by Crippen LogP contribution is 2.33. The van der Waals surface area contributed by atoms with Crippen molar-refractivity contribution in [3.05, 3.63) is 16.7 Å². The minimum atomic E-state index is -1.42. The summed E-state index contributed by atoms with van der Waals surface area (Å²) in [6.45, 7) is 4.87. The number of esters is 2. The van der Waals surface area contributed by atoms with Gasteiger partial charge in [-0.25, -0.2) is 9.59 Å². The van der Waals surface area contributed by atoms with Crippen LogP contribution in [0, 0.1) is 6.92 Å². The summed E-state index contributed by atoms with van der Waals surface area (Å²) >= 11 is 2.61. The lowest BCUT2D eigenvalue weighted by molar-refractivity contribution is -0.213. The van der Waals surface area contributed by atoms with Crippen molar-refractivity contribution in [1.82, 2.24) is 0 Å². The second-order valence-electron chi connectivity index (χ2n) is 2.98. The first-order chi connectivity index (χ1) is 6.91. The van der Waals surface area contributed by atoms with E-state index in [1.807, 2.05) is 0 Å². The number of thioether (sulfide) groups is 2. The van der Waals surface area contributed by atoms with Gasteiger partial charge < -0.3 is 9.47 Å². The molecule has 4 nitrogen and oxygen atoms in total. The summed E-state index contributed by atoms with van der Waals surface area (Å²) in [5, 5.41) is 0. The van der Waals surface area contributed by atoms with Crippen molar-refractivity contribution in [3.8, 4) is 0 Å². The van der Waals surface area contributed by atoms with Crippen LogP contribution in [0.5, 0.6) is 0 Å². The monoisotopic (exact) mass is 247 g/mol. The molecular weight excluding hydrogens is 236 g/mol. The largest absolute Gasteiger partial charge is 0.398 e. The highest BCUT2D eigenvalue weighted by atomic mass is 32.2. The molecule has 1 aliphatic rings. The Morgan fingerprint density at radius 3 is 1.93 bits per heavy atom. The van der Waals surface area contributed by atoms with E-state index in [1.54, 1.807) is 12.5 Å². The Morgan fingerprint density at radius 2 is 1.60 bits per heavy atom. The number of carbonyl (C=O) groups excluding carboxylic acids is 2. The molecule has 0 radical (unpaired) electrons. The maximum Gasteiger partial charge on any atom is 0.398 e. The van der Waals surface area contributed by atoms with E-state index in [1.165, 1.54) is 30.4 Å². The number of rotatable bonds is 2. The predicted octanol–water partition coefficient (Wildman–Crippen LogP) is 1.57. The van der Waals surface area contributed by atoms with E-state index in [0.29, 0.717) is 4.24 Å². The van der Waals surface area contributed by atoms with E-state index in [4.69, 9.17) is 9.47 Å². The van der Waals surface area contributed by atoms with Gasteiger partial charge in [0.2, 0.25) is 0 Å². The van der Waals surface area contributed by atoms with Crippen molar-refractivity contribution in [1.29, 1.82) is 0 Å². The highest BCUT2D eigenvalue weighted by molar-refractivity contribution is 8.21. The van der Waals surface area contributed by atoms with Gasteiger partial charge in [-0.05, 0) is 12.5 Å². The van der Waals surface area contributed by atoms with E-state index in [0.717, 1.165) is 0 Å². The van der Waals surface area contributed by atoms with Crippen molar-refractivity contribution in [3.63, 3.8) is 0 Å². The Labute approximate surface area is 96.8 Å². The van der Waals surface area contributed by atoms with Crippen molar-refractivity contribution in [2.24, 2.45) is 0 Å². The fourth-order valence-electron chi connectivity index (χ4n) is 1.05. The second kappa shape index (κ2) is 4.40. The fourth-order valence-corrected chi connectivity index (χ4v) is 2.46. The molecule has 1 fully saturated rings. The molecule has 0 unspecified atom stereocenters. The van der Waals surface area contributed by atoms with Crippen molar-refractivity contribution < 1.29 is 19.1 Å². The van der Waals surface area contributed by atoms with Crippen molar-refractivity contribution in [2.75, 3.05) is 12.5 Å². The molecule has 0 atom stereocenters. The zero-order chi connectivity index (χ0) is 11.6. The second-order valence-corrected chi connectivity index (χ2v) is 4.87. The molecule has 15 heavy (non-hydrogen) atoms. The molecule has 0 N–H and O–H groups in total. The lowest BCUT2D eigenvalue weighted by atomic mass is 10.2. The normalized spacial score (nSPS) is 25.9. The van der Waals surface area contributed by atoms with Gasteiger partial charge in [-0.2, -0.15) is 0 Å². The zero-order valence-corrected chi connectivity index (χ0v) is 10.3. The molecule has 0 aromatic heterocycles. The van der Waals surface area contributed by atoms with Crippen molar-refractivity contribution in [2.45, 2.75) is 12.7 Å². The van der Waals surface area contributed by atoms with Crippen LogP contribution in [0.1, 0.15) is 6.92 Å². The molecular formula is C9H11O4S2+. The van der Waals surface area contributed by atoms with E-state index in [-0.39, 0.29) is 5.57 Å². The first kappa shape index (κ1) is 12.3. The summed E-state index contributed by atoms with van der Waals surface area (Å²) < 4.78 is 10.3. The van der Waals surface area contributed by atoms with Gasteiger partial charge in [0.05, 0.1) is 11.2 Å². The van der Waals surface area contributed by atoms with E-state index < -0.39 is 17.7 Å². The van der Waals surface area contributed by atoms with Crippen LogP contribution < -0.4 is 0 Å². The molecule has 1 saturated heterocycles. The maximum atomic E-state index is 11.5. The third-order valence-corrected chi connectivity index (χ3v) is 3.75. The number of cyclic esters (lactones) is 2. The number of carbonyl (C=O) groups is 2. The van der Waals surface area contributed by atoms with Crippen LogP contribution in [-0.4, -0.2) is 30.2 Å². The molecule has 1 rings (SSSR count). The lowest BCUT2D eigenvalue weighted by Crippen LogP contribution is -2.42. The summed E-state index contributed by atoms with van der Waals surface area (Å²) in [6, 6.07) is 0. The Kier molecular flexibility index (Phi) is 3.62. The zero-order valence-electron chi connectivity index (χ0n) is 8.66. The molecule has 1 aliphatic heterocycles. The highest BCUT2D eigenvalue weighted by Gasteiger charge is 2.45. The van der Waals surface area contributed by atoms with Gasteiger partial charge in [-0.15, -0.1) is 23.5 Å². The van der Waals surface area contributed by atoms with Gasteiger partial charge >= 0.3 is 17.7 Å². The Hall–Kier alpha value is -0.750. The Bertz CT molecular complexity index is 305. The molecule has 0 aliphatic carbocycles. The molecule has 0 aromatic rings. The van der Waals surface area contributed by atoms with Crippen molar-refractivity contribution >= 4 is 35.5 Å². The molecule has 6 heteroatoms. The van der Waals surface area contributed by atoms with Gasteiger partial charge in [0.25, 0.3) is 0 Å². The molecule has 0 aromatic carbocycles. The van der Waals surface area contributed by atoms with Gasteiger partial charge in [0.15, 0.2) is 12.5 Å². The summed E-state index contributed by atoms with van der Waals surface area (Å²) in [4.78, 5) is 23.1. The standard InChI is InChI=1S/C9H11O4S2/c1-9(2)12-6(10)5(7(11)13-9)8(14-3)15-4/h1H2,2-4H3/q+1. The van der Waals surface area contributed by atoms with Crippen LogP contribution in [-0.2, 0) is 19.1 Å². The Morgan fingerprint density at radius 1 is 1.20 bits per heavy atom. The Balaban J connectivity index is 3.08. The van der Waals surface area contributed by atoms with Crippen LogP contribution in [0.4, 0.5) is 0 Å². The summed E-state index contributed by atoms with van der Waals surface area (Å²) in [5.74, 6) is -2.77. The van der Waals surface area contributed by atoms with Crippen LogP contribution in [0.2, 0.25) is 0 Å². The van der Waals surface area contributed by atoms with Crippen LogP contribution in [0.3, 0.4) is 0 Å². The average molecular weight is 247 g/mol. The lowest BCUT2D eigenvalue weighted by Gasteiger charge is -2.24. The summed E-state index contributed by atoms with van der Waals surface area (Å²) in [5.41, 5.74) is -0.0453. The van der Waals surface area contributed by atoms with Gasteiger partial charge in [-0.1, -0.05) is 0 Å². The summed E-state index contributed by atoms with van der Waals surface area (Å²) in [6.07, 6.45) is 3.55. The molecule has 0 amide bonds. The maximum absolute atomic E-state index is 11.5. The molecule has 0 bridgehead atoms. The topological polar surface area (TPSA) is 52.6 Å². The van der Waals surface area contributed by atoms with E-state index in [9.17, 15) is 9.59 Å². The first-order valence-corrected chi connectivity index (χ1v) is 6.50. The van der Waals surface area contributed by atoms with E-state index >= 15 is 0 Å². The molecule has 0 spiro atoms. The van der Waals surface area contributed by atoms with E-state index in [2.05, 4.69) is 6.92 Å². The average Bonchev–Trinajstić information content (AvgIpc) is 2.09. The fraction of sp³-hybridized carbons (Fsp3) is 0.444. The van der Waals surface area contributed by atoms with Gasteiger partial charge in [0, 0.05) is 0 Å². The van der Waals surface area contributed by atoms with Crippen LogP contribution in [0.25, 0.3) is 0 Å². The molecule has 0 saturated carbocycles. The third kappa shape index (κ3) is 2.63. The SMILES string of the molecule is [CH2+]C1(C)OC(=O)C(=C(SC)SC)C(=O)O1. The van der Waals surface area contributed by atoms with Gasteiger partial charge in [0.1, 0.15) is 0 Å². The summed E-state index contributed by atoms with van der Waals surface area (Å²) in [7, 11) is 0. The molecule has 82 valence electrons. The predicted molar refractivity (Wildman–Crippen MR) is 60.0 cm³/mol. The smallest absolute Gasteiger partial charge is 0.380 e. The first-order valence-electron chi connectivity index (χ1n) is 4.05. The minimum absolute atomic E-state index is 0.0453. The number of ether oxygens (including phenoxy) is 2. The van der Waals surface area contributed by atoms with Gasteiger partial charge in [-0.3, -0.25) is 0 Å².